The maximum Gasteiger partial charge on any atom is 0.270 e. The Hall–Kier alpha value is -2.81. The average Bonchev–Trinajstić information content (AvgIpc) is 3.47. The summed E-state index contributed by atoms with van der Waals surface area (Å²) >= 11 is 7.93. The van der Waals surface area contributed by atoms with Gasteiger partial charge in [-0.1, -0.05) is 24.6 Å². The van der Waals surface area contributed by atoms with E-state index in [9.17, 15) is 4.79 Å². The molecule has 0 saturated carbocycles. The zero-order valence-corrected chi connectivity index (χ0v) is 18.8. The molecule has 4 aromatic rings. The van der Waals surface area contributed by atoms with Crippen LogP contribution < -0.4 is 0 Å². The Morgan fingerprint density at radius 2 is 1.97 bits per heavy atom. The molecular formula is C22H21ClN6OS. The molecule has 0 spiro atoms. The molecule has 5 rings (SSSR count). The van der Waals surface area contributed by atoms with Crippen LogP contribution in [0, 0.1) is 12.8 Å². The molecule has 0 bridgehead atoms. The van der Waals surface area contributed by atoms with Crippen LogP contribution >= 0.6 is 22.9 Å². The van der Waals surface area contributed by atoms with Crippen molar-refractivity contribution in [1.82, 2.24) is 30.0 Å². The highest BCUT2D eigenvalue weighted by Gasteiger charge is 2.33. The van der Waals surface area contributed by atoms with Crippen molar-refractivity contribution in [3.8, 4) is 5.69 Å². The summed E-state index contributed by atoms with van der Waals surface area (Å²) in [6.45, 7) is 6.29. The van der Waals surface area contributed by atoms with Crippen LogP contribution in [-0.2, 0) is 6.54 Å². The molecule has 1 aliphatic heterocycles. The van der Waals surface area contributed by atoms with Crippen molar-refractivity contribution >= 4 is 39.1 Å². The molecule has 1 amide bonds. The molecule has 2 aromatic carbocycles. The van der Waals surface area contributed by atoms with E-state index >= 15 is 0 Å². The van der Waals surface area contributed by atoms with Gasteiger partial charge in [0, 0.05) is 24.7 Å². The number of hydrogen-bond donors (Lipinski definition) is 0. The van der Waals surface area contributed by atoms with Crippen molar-refractivity contribution in [2.24, 2.45) is 5.92 Å². The number of rotatable bonds is 4. The van der Waals surface area contributed by atoms with Gasteiger partial charge in [-0.05, 0) is 48.7 Å². The summed E-state index contributed by atoms with van der Waals surface area (Å²) in [6.07, 6.45) is 3.18. The normalized spacial score (nSPS) is 17.0. The molecule has 158 valence electrons. The van der Waals surface area contributed by atoms with E-state index < -0.39 is 0 Å². The van der Waals surface area contributed by atoms with Gasteiger partial charge in [0.15, 0.2) is 0 Å². The van der Waals surface area contributed by atoms with Crippen molar-refractivity contribution in [1.29, 1.82) is 0 Å². The number of carbonyl (C=O) groups is 1. The molecular weight excluding hydrogens is 432 g/mol. The second kappa shape index (κ2) is 8.03. The Morgan fingerprint density at radius 1 is 1.16 bits per heavy atom. The number of thiazole rings is 1. The summed E-state index contributed by atoms with van der Waals surface area (Å²) in [4.78, 5) is 19.6. The lowest BCUT2D eigenvalue weighted by Gasteiger charge is -2.28. The highest BCUT2D eigenvalue weighted by molar-refractivity contribution is 7.18. The van der Waals surface area contributed by atoms with E-state index in [4.69, 9.17) is 11.6 Å². The zero-order chi connectivity index (χ0) is 21.5. The molecule has 3 heterocycles. The lowest BCUT2D eigenvalue weighted by Crippen LogP contribution is -2.41. The number of nitrogens with zero attached hydrogens (tertiary/aromatic N) is 6. The third kappa shape index (κ3) is 3.94. The van der Waals surface area contributed by atoms with E-state index in [0.29, 0.717) is 35.3 Å². The van der Waals surface area contributed by atoms with Gasteiger partial charge in [-0.3, -0.25) is 9.80 Å². The van der Waals surface area contributed by atoms with Crippen molar-refractivity contribution in [2.45, 2.75) is 20.4 Å². The fourth-order valence-corrected chi connectivity index (χ4v) is 5.08. The molecule has 0 aliphatic carbocycles. The van der Waals surface area contributed by atoms with Gasteiger partial charge in [-0.2, -0.15) is 15.0 Å². The van der Waals surface area contributed by atoms with Gasteiger partial charge in [0.25, 0.3) is 5.91 Å². The maximum absolute atomic E-state index is 13.6. The predicted molar refractivity (Wildman–Crippen MR) is 121 cm³/mol. The molecule has 0 unspecified atom stereocenters. The summed E-state index contributed by atoms with van der Waals surface area (Å²) in [7, 11) is 0. The van der Waals surface area contributed by atoms with Crippen LogP contribution in [0.5, 0.6) is 0 Å². The molecule has 1 atom stereocenters. The number of carbonyl (C=O) groups excluding carboxylic acids is 1. The van der Waals surface area contributed by atoms with Crippen molar-refractivity contribution in [2.75, 3.05) is 13.1 Å². The van der Waals surface area contributed by atoms with Gasteiger partial charge in [0.1, 0.15) is 0 Å². The Morgan fingerprint density at radius 3 is 2.77 bits per heavy atom. The average molecular weight is 453 g/mol. The largest absolute Gasteiger partial charge is 0.271 e. The van der Waals surface area contributed by atoms with Crippen LogP contribution in [-0.4, -0.2) is 49.0 Å². The molecule has 7 nitrogen and oxygen atoms in total. The first-order chi connectivity index (χ1) is 15.0. The lowest BCUT2D eigenvalue weighted by atomic mass is 10.1. The minimum atomic E-state index is -0.103. The van der Waals surface area contributed by atoms with Crippen molar-refractivity contribution < 1.29 is 4.79 Å². The molecule has 1 saturated heterocycles. The van der Waals surface area contributed by atoms with Crippen LogP contribution in [0.1, 0.15) is 27.9 Å². The number of hydrazine groups is 1. The van der Waals surface area contributed by atoms with E-state index in [-0.39, 0.29) is 5.91 Å². The van der Waals surface area contributed by atoms with Crippen molar-refractivity contribution in [3.63, 3.8) is 0 Å². The highest BCUT2D eigenvalue weighted by atomic mass is 35.5. The quantitative estimate of drug-likeness (QED) is 0.460. The van der Waals surface area contributed by atoms with E-state index in [2.05, 4.69) is 45.3 Å². The first-order valence-corrected chi connectivity index (χ1v) is 11.3. The standard InChI is InChI=1S/C22H21ClN6OS/c1-14-11-27(13-16-3-5-19-21(9-16)31-15(2)26-19)28(12-14)22(30)18-10-17(23)4-6-20(18)29-24-7-8-25-29/h3-10,14H,11-13H2,1-2H3/t14-/m1/s1. The van der Waals surface area contributed by atoms with Crippen LogP contribution in [0.4, 0.5) is 0 Å². The summed E-state index contributed by atoms with van der Waals surface area (Å²) < 4.78 is 1.17. The maximum atomic E-state index is 13.6. The SMILES string of the molecule is Cc1nc2ccc(CN3C[C@@H](C)CN3C(=O)c3cc(Cl)ccc3-n3nccn3)cc2s1. The molecule has 1 aliphatic rings. The monoisotopic (exact) mass is 452 g/mol. The Balaban J connectivity index is 1.46. The van der Waals surface area contributed by atoms with E-state index in [1.807, 2.05) is 11.9 Å². The van der Waals surface area contributed by atoms with E-state index in [1.54, 1.807) is 41.9 Å². The molecule has 9 heteroatoms. The summed E-state index contributed by atoms with van der Waals surface area (Å²) in [5, 5.41) is 13.9. The molecule has 0 radical (unpaired) electrons. The Bertz CT molecular complexity index is 1250. The third-order valence-corrected chi connectivity index (χ3v) is 6.50. The topological polar surface area (TPSA) is 67.2 Å². The number of fused-ring (bicyclic) bond motifs is 1. The highest BCUT2D eigenvalue weighted by Crippen LogP contribution is 2.28. The molecule has 1 fully saturated rings. The van der Waals surface area contributed by atoms with E-state index in [1.165, 1.54) is 9.50 Å². The third-order valence-electron chi connectivity index (χ3n) is 5.33. The number of aryl methyl sites for hydroxylation is 1. The smallest absolute Gasteiger partial charge is 0.270 e. The zero-order valence-electron chi connectivity index (χ0n) is 17.2. The number of benzene rings is 2. The summed E-state index contributed by atoms with van der Waals surface area (Å²) in [5.41, 5.74) is 3.27. The first-order valence-electron chi connectivity index (χ1n) is 10.1. The molecule has 31 heavy (non-hydrogen) atoms. The van der Waals surface area contributed by atoms with Crippen LogP contribution in [0.3, 0.4) is 0 Å². The van der Waals surface area contributed by atoms with Gasteiger partial charge in [0.05, 0.1) is 38.9 Å². The van der Waals surface area contributed by atoms with Crippen LogP contribution in [0.25, 0.3) is 15.9 Å². The molecule has 2 aromatic heterocycles. The minimum absolute atomic E-state index is 0.103. The van der Waals surface area contributed by atoms with Gasteiger partial charge < -0.3 is 0 Å². The second-order valence-electron chi connectivity index (χ2n) is 7.85. The van der Waals surface area contributed by atoms with Gasteiger partial charge >= 0.3 is 0 Å². The minimum Gasteiger partial charge on any atom is -0.271 e. The number of hydrogen-bond acceptors (Lipinski definition) is 6. The molecule has 0 N–H and O–H groups in total. The van der Waals surface area contributed by atoms with Crippen LogP contribution in [0.15, 0.2) is 48.8 Å². The Labute approximate surface area is 188 Å². The summed E-state index contributed by atoms with van der Waals surface area (Å²) in [5.74, 6) is 0.262. The first kappa shape index (κ1) is 20.1. The van der Waals surface area contributed by atoms with Gasteiger partial charge in [0.2, 0.25) is 0 Å². The van der Waals surface area contributed by atoms with Crippen LogP contribution in [0.2, 0.25) is 5.02 Å². The number of halogens is 1. The summed E-state index contributed by atoms with van der Waals surface area (Å²) in [6, 6.07) is 11.5. The lowest BCUT2D eigenvalue weighted by molar-refractivity contribution is 0.0170. The van der Waals surface area contributed by atoms with Gasteiger partial charge in [-0.25, -0.2) is 9.99 Å². The second-order valence-corrected chi connectivity index (χ2v) is 9.53. The van der Waals surface area contributed by atoms with Crippen molar-refractivity contribution in [3.05, 3.63) is 69.9 Å². The van der Waals surface area contributed by atoms with Gasteiger partial charge in [-0.15, -0.1) is 11.3 Å². The number of aromatic nitrogens is 4. The van der Waals surface area contributed by atoms with E-state index in [0.717, 1.165) is 22.6 Å². The number of amides is 1. The fourth-order valence-electron chi connectivity index (χ4n) is 4.01. The Kier molecular flexibility index (Phi) is 5.21. The predicted octanol–water partition coefficient (Wildman–Crippen LogP) is 4.35. The fraction of sp³-hybridized carbons (Fsp3) is 0.273.